The molecule has 0 atom stereocenters. The van der Waals surface area contributed by atoms with E-state index in [-0.39, 0.29) is 38.9 Å². The number of halogens is 1. The van der Waals surface area contributed by atoms with Gasteiger partial charge in [0.25, 0.3) is 27.8 Å². The number of aryl methyl sites for hydroxylation is 12. The fourth-order valence-corrected chi connectivity index (χ4v) is 21.6. The Morgan fingerprint density at radius 1 is 0.347 bits per heavy atom. The number of nitrogens with zero attached hydrogens (tertiary/aromatic N) is 10. The molecule has 31 nitrogen and oxygen atoms in total. The maximum atomic E-state index is 12.3. The van der Waals surface area contributed by atoms with Gasteiger partial charge in [-0.1, -0.05) is 64.8 Å². The van der Waals surface area contributed by atoms with Crippen LogP contribution in [-0.2, 0) is 103 Å². The molecule has 0 unspecified atom stereocenters. The minimum Gasteiger partial charge on any atom is -0.477 e. The molecular weight excluding hydrogens is 1880 g/mol. The molecule has 0 saturated carbocycles. The molecule has 4 aliphatic heterocycles. The molecule has 4 aliphatic rings. The first kappa shape index (κ1) is 107. The molecule has 15 aromatic rings. The quantitative estimate of drug-likeness (QED) is 0.0254. The molecule has 147 heavy (non-hydrogen) atoms. The van der Waals surface area contributed by atoms with E-state index in [0.29, 0.717) is 71.2 Å². The van der Waals surface area contributed by atoms with Crippen molar-refractivity contribution in [2.24, 2.45) is 35.2 Å². The summed E-state index contributed by atoms with van der Waals surface area (Å²) >= 11 is 6.62. The first-order chi connectivity index (χ1) is 70.0. The fraction of sp³-hybridized carbons (Fsp3) is 0.391. The molecule has 0 bridgehead atoms. The standard InChI is InChI=1S/2C24H29N3O3.C23H27N3O3.C22H24ClN3O4.C22H27N3O3/c1-5-15-13-18(23(29)30)22(28)25-21(15)16-8-9-19-17(12-16)14-20(26(19)4)24(2,3)27-10-6-7-11-27;1-4-16-12-20(24(29)30)23(28)25-22(16)19-13-17-11-18(14-27-8-6-5-7-9-27)26(3)21(17)10-15(19)2;1-4-15-11-19(23(28)29)22(27)24-21(15)18-12-16-10-17(13-26-7-5-6-8-26)25(3)20(16)9-14(18)2;1-3-13-9-17(22(28)29)21(27)24-20(13)16-10-14-8-15(12-26-4-6-30-7-5-26)25(2)19(14)11-18(16)23;1-7-13-11-16(21(27)28)20(26)23-19(13)14-8-9-17-15(10-14)12-18(25(17)6)22(2,3)24(4)5/h8-9,12-14H,5-7,10-11H2,1-4H3,(H,25,28)(H,29,30);10-13H,4-9,14H2,1-3H3,(H,25,28)(H,29,30);9-12H,4-8,13H2,1-3H3,(H,24,27)(H,28,29);8-11H,3-7,12H2,1-2H3,(H,24,27)(H,28,29);8-12H,7H2,1-6H3,(H,23,26)(H,27,28). The second kappa shape index (κ2) is 44.7. The van der Waals surface area contributed by atoms with Crippen LogP contribution >= 0.6 is 11.6 Å². The minimum absolute atomic E-state index is 0.0591. The van der Waals surface area contributed by atoms with E-state index in [1.54, 1.807) is 0 Å². The number of fused-ring (bicyclic) bond motifs is 5. The number of likely N-dealkylation sites (tertiary alicyclic amines) is 3. The molecule has 10 N–H and O–H groups in total. The predicted molar refractivity (Wildman–Crippen MR) is 581 cm³/mol. The van der Waals surface area contributed by atoms with Crippen molar-refractivity contribution in [2.45, 2.75) is 184 Å². The Labute approximate surface area is 858 Å². The van der Waals surface area contributed by atoms with E-state index in [2.05, 4.69) is 215 Å². The Morgan fingerprint density at radius 2 is 0.639 bits per heavy atom. The second-order valence-electron chi connectivity index (χ2n) is 40.4. The van der Waals surface area contributed by atoms with Crippen molar-refractivity contribution in [1.29, 1.82) is 0 Å². The third kappa shape index (κ3) is 22.3. The SMILES string of the molecule is CCc1cc(C(=O)O)c(=O)[nH]c1-c1cc2cc(CN3CCCC3)n(C)c2cc1C.CCc1cc(C(=O)O)c(=O)[nH]c1-c1cc2cc(CN3CCCCC3)n(C)c2cc1C.CCc1cc(C(=O)O)c(=O)[nH]c1-c1cc2cc(CN3CCOCC3)n(C)c2cc1Cl.CCc1cc(C(=O)O)c(=O)[nH]c1-c1ccc2c(c1)cc(C(C)(C)N(C)C)n2C.CCc1cc(C(=O)O)c(=O)[nH]c1-c1ccc2c(c1)cc(C(C)(C)N1CCCC1)n2C. The molecule has 19 rings (SSSR count). The van der Waals surface area contributed by atoms with Gasteiger partial charge in [0.05, 0.1) is 57.8 Å². The summed E-state index contributed by atoms with van der Waals surface area (Å²) in [4.78, 5) is 144. The van der Waals surface area contributed by atoms with Gasteiger partial charge < -0.3 is 78.0 Å². The summed E-state index contributed by atoms with van der Waals surface area (Å²) < 4.78 is 16.5. The Balaban J connectivity index is 0.000000138. The van der Waals surface area contributed by atoms with Gasteiger partial charge in [-0.25, -0.2) is 24.0 Å². The zero-order valence-electron chi connectivity index (χ0n) is 87.5. The van der Waals surface area contributed by atoms with E-state index in [1.165, 1.54) is 115 Å². The average Bonchev–Trinajstić information content (AvgIpc) is 1.62. The molecule has 0 aliphatic carbocycles. The highest BCUT2D eigenvalue weighted by molar-refractivity contribution is 6.34. The summed E-state index contributed by atoms with van der Waals surface area (Å²) in [5, 5.41) is 52.3. The van der Waals surface area contributed by atoms with Gasteiger partial charge in [0, 0.05) is 168 Å². The smallest absolute Gasteiger partial charge is 0.341 e. The van der Waals surface area contributed by atoms with Gasteiger partial charge in [0.15, 0.2) is 0 Å². The maximum absolute atomic E-state index is 12.3. The molecule has 0 radical (unpaired) electrons. The van der Waals surface area contributed by atoms with E-state index in [4.69, 9.17) is 16.3 Å². The summed E-state index contributed by atoms with van der Waals surface area (Å²) in [6.45, 7) is 35.6. The third-order valence-electron chi connectivity index (χ3n) is 30.5. The highest BCUT2D eigenvalue weighted by Gasteiger charge is 2.35. The lowest BCUT2D eigenvalue weighted by Crippen LogP contribution is -2.40. The van der Waals surface area contributed by atoms with Crippen LogP contribution in [0.15, 0.2) is 157 Å². The lowest BCUT2D eigenvalue weighted by Gasteiger charge is -2.36. The summed E-state index contributed by atoms with van der Waals surface area (Å²) in [5.74, 6) is -6.05. The molecule has 0 spiro atoms. The lowest BCUT2D eigenvalue weighted by atomic mass is 9.97. The van der Waals surface area contributed by atoms with E-state index >= 15 is 0 Å². The predicted octanol–water partition coefficient (Wildman–Crippen LogP) is 18.8. The van der Waals surface area contributed by atoms with Crippen LogP contribution in [0.5, 0.6) is 0 Å². The fourth-order valence-electron chi connectivity index (χ4n) is 21.3. The topological polar surface area (TPSA) is 401 Å². The van der Waals surface area contributed by atoms with E-state index in [9.17, 15) is 73.5 Å². The van der Waals surface area contributed by atoms with E-state index in [0.717, 1.165) is 190 Å². The Hall–Kier alpha value is -14.1. The van der Waals surface area contributed by atoms with Crippen molar-refractivity contribution >= 4 is 96.0 Å². The van der Waals surface area contributed by atoms with Crippen LogP contribution in [0, 0.1) is 13.8 Å². The molecule has 4 saturated heterocycles. The van der Waals surface area contributed by atoms with Crippen molar-refractivity contribution in [3.8, 4) is 56.3 Å². The van der Waals surface area contributed by atoms with Gasteiger partial charge in [-0.2, -0.15) is 0 Å². The van der Waals surface area contributed by atoms with Gasteiger partial charge in [-0.15, -0.1) is 0 Å². The van der Waals surface area contributed by atoms with Crippen LogP contribution in [0.2, 0.25) is 5.02 Å². The van der Waals surface area contributed by atoms with Crippen LogP contribution < -0.4 is 27.8 Å². The summed E-state index contributed by atoms with van der Waals surface area (Å²) in [5.41, 5.74) is 21.4. The summed E-state index contributed by atoms with van der Waals surface area (Å²) in [6.07, 6.45) is 12.0. The molecule has 0 amide bonds. The number of hydrogen-bond donors (Lipinski definition) is 10. The average molecular weight is 2020 g/mol. The Morgan fingerprint density at radius 3 is 0.986 bits per heavy atom. The van der Waals surface area contributed by atoms with E-state index < -0.39 is 57.6 Å². The molecule has 4 fully saturated rings. The number of carbonyl (C=O) groups is 5. The zero-order chi connectivity index (χ0) is 106. The van der Waals surface area contributed by atoms with Crippen molar-refractivity contribution in [3.63, 3.8) is 0 Å². The van der Waals surface area contributed by atoms with Crippen molar-refractivity contribution in [1.82, 2.24) is 72.3 Å². The molecular formula is C115H136ClN15O16. The number of aromatic carboxylic acids is 5. The number of carboxylic acid groups (broad SMARTS) is 5. The highest BCUT2D eigenvalue weighted by Crippen LogP contribution is 2.41. The number of pyridine rings is 5. The zero-order valence-corrected chi connectivity index (χ0v) is 88.2. The highest BCUT2D eigenvalue weighted by atomic mass is 35.5. The number of aromatic amines is 5. The van der Waals surface area contributed by atoms with Gasteiger partial charge in [-0.05, 0) is 337 Å². The van der Waals surface area contributed by atoms with Crippen LogP contribution in [0.4, 0.5) is 0 Å². The molecule has 5 aromatic carbocycles. The van der Waals surface area contributed by atoms with Gasteiger partial charge in [0.2, 0.25) is 0 Å². The third-order valence-corrected chi connectivity index (χ3v) is 30.8. The van der Waals surface area contributed by atoms with Crippen molar-refractivity contribution in [3.05, 3.63) is 285 Å². The summed E-state index contributed by atoms with van der Waals surface area (Å²) in [6, 6.07) is 43.1. The van der Waals surface area contributed by atoms with E-state index in [1.807, 2.05) is 85.8 Å². The minimum atomic E-state index is -1.24. The van der Waals surface area contributed by atoms with Gasteiger partial charge in [0.1, 0.15) is 27.8 Å². The van der Waals surface area contributed by atoms with Gasteiger partial charge >= 0.3 is 29.8 Å². The van der Waals surface area contributed by atoms with Crippen LogP contribution in [0.25, 0.3) is 111 Å². The molecule has 32 heteroatoms. The Bertz CT molecular complexity index is 7750. The Kier molecular flexibility index (Phi) is 32.6. The van der Waals surface area contributed by atoms with Crippen molar-refractivity contribution in [2.75, 3.05) is 79.7 Å². The largest absolute Gasteiger partial charge is 0.477 e. The number of hydrogen-bond acceptors (Lipinski definition) is 16. The number of carboxylic acids is 5. The van der Waals surface area contributed by atoms with Crippen LogP contribution in [0.3, 0.4) is 0 Å². The number of rotatable bonds is 25. The number of H-pyrrole nitrogens is 5. The second-order valence-corrected chi connectivity index (χ2v) is 40.8. The summed E-state index contributed by atoms with van der Waals surface area (Å²) in [7, 11) is 14.5. The normalized spacial score (nSPS) is 14.4. The number of aromatic nitrogens is 10. The first-order valence-corrected chi connectivity index (χ1v) is 51.2. The monoisotopic (exact) mass is 2020 g/mol. The number of morpholine rings is 1. The van der Waals surface area contributed by atoms with Crippen LogP contribution in [-0.4, -0.2) is 207 Å². The maximum Gasteiger partial charge on any atom is 0.341 e. The number of ether oxygens (including phenoxy) is 1. The van der Waals surface area contributed by atoms with Crippen molar-refractivity contribution < 1.29 is 54.2 Å². The van der Waals surface area contributed by atoms with Gasteiger partial charge in [-0.3, -0.25) is 48.5 Å². The number of piperidine rings is 1. The number of benzene rings is 5. The van der Waals surface area contributed by atoms with Crippen LogP contribution in [0.1, 0.15) is 226 Å². The lowest BCUT2D eigenvalue weighted by molar-refractivity contribution is 0.0333. The molecule has 774 valence electrons. The molecule has 10 aromatic heterocycles. The first-order valence-electron chi connectivity index (χ1n) is 50.8. The number of nitrogens with one attached hydrogen (secondary N) is 5. The molecule has 14 heterocycles.